The van der Waals surface area contributed by atoms with E-state index in [0.29, 0.717) is 0 Å². The van der Waals surface area contributed by atoms with Gasteiger partial charge >= 0.3 is 0 Å². The molecule has 1 aliphatic carbocycles. The van der Waals surface area contributed by atoms with Crippen molar-refractivity contribution in [3.8, 4) is 0 Å². The minimum Gasteiger partial charge on any atom is -0.103 e. The van der Waals surface area contributed by atoms with Crippen LogP contribution < -0.4 is 0 Å². The van der Waals surface area contributed by atoms with Crippen LogP contribution in [0.1, 0.15) is 12.8 Å². The van der Waals surface area contributed by atoms with Crippen molar-refractivity contribution < 1.29 is 0 Å². The first kappa shape index (κ1) is 8.06. The van der Waals surface area contributed by atoms with Gasteiger partial charge in [-0.1, -0.05) is 36.5 Å². The Morgan fingerprint density at radius 2 is 1.45 bits per heavy atom. The summed E-state index contributed by atoms with van der Waals surface area (Å²) in [5.41, 5.74) is 0.198. The van der Waals surface area contributed by atoms with Crippen molar-refractivity contribution in [3.05, 3.63) is 49.6 Å². The number of hydrogen-bond donors (Lipinski definition) is 0. The van der Waals surface area contributed by atoms with Gasteiger partial charge in [-0.2, -0.15) is 0 Å². The molecular weight excluding hydrogens is 132 g/mol. The Kier molecular flexibility index (Phi) is 2.48. The summed E-state index contributed by atoms with van der Waals surface area (Å²) in [6.07, 6.45) is 14.6. The molecule has 0 aromatic rings. The topological polar surface area (TPSA) is 0 Å². The molecule has 0 amide bonds. The lowest BCUT2D eigenvalue weighted by molar-refractivity contribution is 0.516. The number of allylic oxidation sites excluding steroid dienone is 6. The average Bonchev–Trinajstić information content (AvgIpc) is 2.39. The summed E-state index contributed by atoms with van der Waals surface area (Å²) in [6, 6.07) is 0. The highest BCUT2D eigenvalue weighted by atomic mass is 14.3. The van der Waals surface area contributed by atoms with Crippen LogP contribution in [-0.4, -0.2) is 0 Å². The van der Waals surface area contributed by atoms with Crippen LogP contribution in [0.15, 0.2) is 49.6 Å². The lowest BCUT2D eigenvalue weighted by Gasteiger charge is -2.21. The van der Waals surface area contributed by atoms with Gasteiger partial charge in [-0.3, -0.25) is 0 Å². The second kappa shape index (κ2) is 3.38. The summed E-state index contributed by atoms with van der Waals surface area (Å²) in [7, 11) is 0. The molecule has 0 saturated carbocycles. The third-order valence-electron chi connectivity index (χ3n) is 2.02. The van der Waals surface area contributed by atoms with Crippen LogP contribution in [0.2, 0.25) is 0 Å². The fourth-order valence-corrected chi connectivity index (χ4v) is 1.44. The van der Waals surface area contributed by atoms with Gasteiger partial charge in [-0.15, -0.1) is 13.2 Å². The normalized spacial score (nSPS) is 18.5. The minimum absolute atomic E-state index is 0.198. The van der Waals surface area contributed by atoms with Crippen molar-refractivity contribution in [2.75, 3.05) is 0 Å². The predicted molar refractivity (Wildman–Crippen MR) is 50.3 cm³/mol. The van der Waals surface area contributed by atoms with Gasteiger partial charge in [-0.25, -0.2) is 0 Å². The largest absolute Gasteiger partial charge is 0.103 e. The van der Waals surface area contributed by atoms with Crippen molar-refractivity contribution in [1.82, 2.24) is 0 Å². The molecule has 1 rings (SSSR count). The molecule has 0 fully saturated rings. The fourth-order valence-electron chi connectivity index (χ4n) is 1.44. The summed E-state index contributed by atoms with van der Waals surface area (Å²) in [5.74, 6) is 0. The molecule has 0 radical (unpaired) electrons. The molecule has 0 heterocycles. The fraction of sp³-hybridized carbons (Fsp3) is 0.273. The monoisotopic (exact) mass is 146 g/mol. The van der Waals surface area contributed by atoms with Gasteiger partial charge < -0.3 is 0 Å². The van der Waals surface area contributed by atoms with Crippen LogP contribution in [0.25, 0.3) is 0 Å². The van der Waals surface area contributed by atoms with E-state index in [4.69, 9.17) is 0 Å². The quantitative estimate of drug-likeness (QED) is 0.534. The van der Waals surface area contributed by atoms with Gasteiger partial charge in [0.25, 0.3) is 0 Å². The average molecular weight is 146 g/mol. The van der Waals surface area contributed by atoms with Crippen LogP contribution >= 0.6 is 0 Å². The van der Waals surface area contributed by atoms with Crippen molar-refractivity contribution in [2.45, 2.75) is 12.8 Å². The smallest absolute Gasteiger partial charge is 0.0136 e. The summed E-state index contributed by atoms with van der Waals surface area (Å²) in [4.78, 5) is 0. The molecule has 0 spiro atoms. The van der Waals surface area contributed by atoms with Gasteiger partial charge in [0.05, 0.1) is 0 Å². The van der Waals surface area contributed by atoms with E-state index in [1.807, 2.05) is 12.2 Å². The lowest BCUT2D eigenvalue weighted by atomic mass is 9.83. The predicted octanol–water partition coefficient (Wildman–Crippen LogP) is 3.25. The molecule has 0 bridgehead atoms. The maximum absolute atomic E-state index is 3.75. The van der Waals surface area contributed by atoms with Gasteiger partial charge in [0.15, 0.2) is 0 Å². The maximum atomic E-state index is 3.75. The zero-order chi connectivity index (χ0) is 8.16. The number of rotatable bonds is 4. The van der Waals surface area contributed by atoms with E-state index < -0.39 is 0 Å². The molecule has 1 aliphatic rings. The Balaban J connectivity index is 2.70. The van der Waals surface area contributed by atoms with E-state index in [1.165, 1.54) is 0 Å². The van der Waals surface area contributed by atoms with E-state index in [9.17, 15) is 0 Å². The van der Waals surface area contributed by atoms with E-state index in [1.54, 1.807) is 0 Å². The van der Waals surface area contributed by atoms with E-state index >= 15 is 0 Å². The molecule has 0 heteroatoms. The van der Waals surface area contributed by atoms with Crippen molar-refractivity contribution >= 4 is 0 Å². The van der Waals surface area contributed by atoms with Crippen molar-refractivity contribution in [2.24, 2.45) is 5.41 Å². The van der Waals surface area contributed by atoms with Gasteiger partial charge in [0.1, 0.15) is 0 Å². The highest BCUT2D eigenvalue weighted by Gasteiger charge is 2.22. The van der Waals surface area contributed by atoms with Crippen LogP contribution in [0.5, 0.6) is 0 Å². The third kappa shape index (κ3) is 1.70. The molecular formula is C11H14. The Morgan fingerprint density at radius 3 is 1.82 bits per heavy atom. The molecule has 0 aromatic carbocycles. The summed E-state index contributed by atoms with van der Waals surface area (Å²) >= 11 is 0. The second-order valence-electron chi connectivity index (χ2n) is 2.94. The molecule has 0 aliphatic heterocycles. The molecule has 58 valence electrons. The summed E-state index contributed by atoms with van der Waals surface area (Å²) < 4.78 is 0. The van der Waals surface area contributed by atoms with Gasteiger partial charge in [0.2, 0.25) is 0 Å². The highest BCUT2D eigenvalue weighted by molar-refractivity contribution is 5.26. The van der Waals surface area contributed by atoms with Crippen LogP contribution in [-0.2, 0) is 0 Å². The second-order valence-corrected chi connectivity index (χ2v) is 2.94. The SMILES string of the molecule is C=CCC1(CC=C)C=CC=C1. The first-order valence-corrected chi connectivity index (χ1v) is 3.92. The van der Waals surface area contributed by atoms with Gasteiger partial charge in [0, 0.05) is 5.41 Å². The van der Waals surface area contributed by atoms with Crippen molar-refractivity contribution in [1.29, 1.82) is 0 Å². The molecule has 0 aromatic heterocycles. The standard InChI is InChI=1S/C11H14/c1-3-7-11(8-4-2)9-5-6-10-11/h3-6,9-10H,1-2,7-8H2. The van der Waals surface area contributed by atoms with Crippen LogP contribution in [0.4, 0.5) is 0 Å². The lowest BCUT2D eigenvalue weighted by Crippen LogP contribution is -2.10. The number of hydrogen-bond acceptors (Lipinski definition) is 0. The molecule has 0 saturated heterocycles. The maximum Gasteiger partial charge on any atom is 0.0136 e. The molecule has 11 heavy (non-hydrogen) atoms. The summed E-state index contributed by atoms with van der Waals surface area (Å²) in [5, 5.41) is 0. The first-order chi connectivity index (χ1) is 5.33. The van der Waals surface area contributed by atoms with Crippen LogP contribution in [0, 0.1) is 5.41 Å². The van der Waals surface area contributed by atoms with Crippen LogP contribution in [0.3, 0.4) is 0 Å². The highest BCUT2D eigenvalue weighted by Crippen LogP contribution is 2.34. The zero-order valence-electron chi connectivity index (χ0n) is 6.79. The Bertz CT molecular complexity index is 182. The molecule has 0 atom stereocenters. The zero-order valence-corrected chi connectivity index (χ0v) is 6.79. The third-order valence-corrected chi connectivity index (χ3v) is 2.02. The molecule has 0 unspecified atom stereocenters. The van der Waals surface area contributed by atoms with E-state index in [0.717, 1.165) is 12.8 Å². The van der Waals surface area contributed by atoms with Crippen molar-refractivity contribution in [3.63, 3.8) is 0 Å². The molecule has 0 nitrogen and oxygen atoms in total. The Hall–Kier alpha value is -1.04. The first-order valence-electron chi connectivity index (χ1n) is 3.92. The summed E-state index contributed by atoms with van der Waals surface area (Å²) in [6.45, 7) is 7.50. The van der Waals surface area contributed by atoms with E-state index in [2.05, 4.69) is 37.5 Å². The van der Waals surface area contributed by atoms with Gasteiger partial charge in [-0.05, 0) is 12.8 Å². The van der Waals surface area contributed by atoms with E-state index in [-0.39, 0.29) is 5.41 Å². The molecule has 0 N–H and O–H groups in total. The Morgan fingerprint density at radius 1 is 1.00 bits per heavy atom. The minimum atomic E-state index is 0.198. The Labute approximate surface area is 68.6 Å².